The van der Waals surface area contributed by atoms with E-state index in [9.17, 15) is 0 Å². The number of anilines is 1. The van der Waals surface area contributed by atoms with Crippen molar-refractivity contribution in [2.24, 2.45) is 0 Å². The van der Waals surface area contributed by atoms with Gasteiger partial charge in [-0.3, -0.25) is 5.10 Å². The van der Waals surface area contributed by atoms with Gasteiger partial charge in [0.2, 0.25) is 0 Å². The number of nitrogens with two attached hydrogens (primary N) is 1. The summed E-state index contributed by atoms with van der Waals surface area (Å²) in [6, 6.07) is 17.1. The van der Waals surface area contributed by atoms with E-state index in [1.54, 1.807) is 13.2 Å². The standard InChI is InChI=1S/C19H21N3O3/c1-23-9-10-24-19-8-3-2-7-17(19)18-12-15(21-22-18)13-25-16-6-4-5-14(20)11-16/h2-8,11-12H,9-10,13,20H2,1H3,(H,21,22). The van der Waals surface area contributed by atoms with E-state index in [1.807, 2.05) is 48.5 Å². The number of nitrogens with one attached hydrogen (secondary N) is 1. The number of aromatic nitrogens is 2. The van der Waals surface area contributed by atoms with E-state index in [1.165, 1.54) is 0 Å². The summed E-state index contributed by atoms with van der Waals surface area (Å²) >= 11 is 0. The molecule has 0 aliphatic heterocycles. The van der Waals surface area contributed by atoms with E-state index in [-0.39, 0.29) is 0 Å². The minimum absolute atomic E-state index is 0.378. The third kappa shape index (κ3) is 4.51. The van der Waals surface area contributed by atoms with Crippen LogP contribution in [0.5, 0.6) is 11.5 Å². The Balaban J connectivity index is 1.69. The Morgan fingerprint density at radius 3 is 2.72 bits per heavy atom. The van der Waals surface area contributed by atoms with Crippen LogP contribution in [0.3, 0.4) is 0 Å². The van der Waals surface area contributed by atoms with Crippen molar-refractivity contribution in [2.45, 2.75) is 6.61 Å². The van der Waals surface area contributed by atoms with Gasteiger partial charge in [-0.2, -0.15) is 5.10 Å². The quantitative estimate of drug-likeness (QED) is 0.486. The fourth-order valence-electron chi connectivity index (χ4n) is 2.38. The zero-order valence-corrected chi connectivity index (χ0v) is 14.1. The summed E-state index contributed by atoms with van der Waals surface area (Å²) in [7, 11) is 1.65. The van der Waals surface area contributed by atoms with Crippen LogP contribution in [-0.4, -0.2) is 30.5 Å². The van der Waals surface area contributed by atoms with E-state index >= 15 is 0 Å². The van der Waals surface area contributed by atoms with Gasteiger partial charge in [0.1, 0.15) is 24.7 Å². The molecule has 1 heterocycles. The molecule has 0 aliphatic rings. The fourth-order valence-corrected chi connectivity index (χ4v) is 2.38. The maximum Gasteiger partial charge on any atom is 0.130 e. The van der Waals surface area contributed by atoms with Crippen LogP contribution in [0.1, 0.15) is 5.69 Å². The van der Waals surface area contributed by atoms with Gasteiger partial charge in [-0.1, -0.05) is 18.2 Å². The second kappa shape index (κ2) is 8.21. The first-order valence-corrected chi connectivity index (χ1v) is 8.00. The highest BCUT2D eigenvalue weighted by Gasteiger charge is 2.10. The molecule has 0 unspecified atom stereocenters. The minimum Gasteiger partial charge on any atom is -0.490 e. The van der Waals surface area contributed by atoms with Gasteiger partial charge in [-0.25, -0.2) is 0 Å². The minimum atomic E-state index is 0.378. The van der Waals surface area contributed by atoms with Crippen LogP contribution >= 0.6 is 0 Å². The maximum atomic E-state index is 5.76. The largest absolute Gasteiger partial charge is 0.490 e. The molecule has 25 heavy (non-hydrogen) atoms. The van der Waals surface area contributed by atoms with Gasteiger partial charge < -0.3 is 19.9 Å². The summed E-state index contributed by atoms with van der Waals surface area (Å²) in [6.45, 7) is 1.40. The number of hydrogen-bond donors (Lipinski definition) is 2. The van der Waals surface area contributed by atoms with Gasteiger partial charge in [0.05, 0.1) is 18.0 Å². The third-order valence-electron chi connectivity index (χ3n) is 3.59. The number of aromatic amines is 1. The molecule has 6 heteroatoms. The number of rotatable bonds is 8. The molecule has 0 atom stereocenters. The van der Waals surface area contributed by atoms with Crippen LogP contribution in [0.25, 0.3) is 11.3 Å². The lowest BCUT2D eigenvalue weighted by Crippen LogP contribution is -2.05. The van der Waals surface area contributed by atoms with Crippen LogP contribution in [0.2, 0.25) is 0 Å². The van der Waals surface area contributed by atoms with E-state index in [0.717, 1.165) is 28.5 Å². The predicted octanol–water partition coefficient (Wildman–Crippen LogP) is 3.26. The number of ether oxygens (including phenoxy) is 3. The van der Waals surface area contributed by atoms with E-state index in [2.05, 4.69) is 10.2 Å². The highest BCUT2D eigenvalue weighted by molar-refractivity contribution is 5.67. The second-order valence-electron chi connectivity index (χ2n) is 5.48. The monoisotopic (exact) mass is 339 g/mol. The van der Waals surface area contributed by atoms with Gasteiger partial charge in [0.25, 0.3) is 0 Å². The van der Waals surface area contributed by atoms with Crippen molar-refractivity contribution >= 4 is 5.69 Å². The van der Waals surface area contributed by atoms with Crippen molar-refractivity contribution in [2.75, 3.05) is 26.1 Å². The van der Waals surface area contributed by atoms with Crippen LogP contribution in [-0.2, 0) is 11.3 Å². The Hall–Kier alpha value is -2.99. The summed E-state index contributed by atoms with van der Waals surface area (Å²) in [4.78, 5) is 0. The molecule has 0 fully saturated rings. The molecule has 0 aliphatic carbocycles. The molecule has 1 aromatic heterocycles. The van der Waals surface area contributed by atoms with Crippen molar-refractivity contribution in [1.82, 2.24) is 10.2 Å². The zero-order chi connectivity index (χ0) is 17.5. The smallest absolute Gasteiger partial charge is 0.130 e. The average Bonchev–Trinajstić information content (AvgIpc) is 3.10. The first-order valence-electron chi connectivity index (χ1n) is 8.00. The molecular weight excluding hydrogens is 318 g/mol. The molecule has 3 N–H and O–H groups in total. The molecule has 3 aromatic rings. The summed E-state index contributed by atoms with van der Waals surface area (Å²) in [5.41, 5.74) is 9.01. The topological polar surface area (TPSA) is 82.4 Å². The van der Waals surface area contributed by atoms with E-state index in [0.29, 0.717) is 25.5 Å². The van der Waals surface area contributed by atoms with Crippen molar-refractivity contribution in [3.63, 3.8) is 0 Å². The Bertz CT molecular complexity index is 817. The number of benzene rings is 2. The summed E-state index contributed by atoms with van der Waals surface area (Å²) in [5, 5.41) is 7.36. The molecule has 0 radical (unpaired) electrons. The van der Waals surface area contributed by atoms with Gasteiger partial charge in [0, 0.05) is 24.4 Å². The van der Waals surface area contributed by atoms with Gasteiger partial charge in [-0.15, -0.1) is 0 Å². The first-order chi connectivity index (χ1) is 12.3. The summed E-state index contributed by atoms with van der Waals surface area (Å²) < 4.78 is 16.5. The summed E-state index contributed by atoms with van der Waals surface area (Å²) in [5.74, 6) is 1.49. The van der Waals surface area contributed by atoms with Crippen LogP contribution in [0.15, 0.2) is 54.6 Å². The number of para-hydroxylation sites is 1. The first kappa shape index (κ1) is 16.9. The number of methoxy groups -OCH3 is 1. The summed E-state index contributed by atoms with van der Waals surface area (Å²) in [6.07, 6.45) is 0. The van der Waals surface area contributed by atoms with Crippen LogP contribution in [0, 0.1) is 0 Å². The SMILES string of the molecule is COCCOc1ccccc1-c1cc(COc2cccc(N)c2)[nH]n1. The van der Waals surface area contributed by atoms with Crippen molar-refractivity contribution in [3.8, 4) is 22.8 Å². The predicted molar refractivity (Wildman–Crippen MR) is 96.6 cm³/mol. The lowest BCUT2D eigenvalue weighted by atomic mass is 10.1. The molecule has 6 nitrogen and oxygen atoms in total. The Labute approximate surface area is 146 Å². The number of nitrogen functional groups attached to an aromatic ring is 1. The molecule has 0 bridgehead atoms. The molecule has 0 saturated heterocycles. The van der Waals surface area contributed by atoms with Crippen LogP contribution in [0.4, 0.5) is 5.69 Å². The lowest BCUT2D eigenvalue weighted by molar-refractivity contribution is 0.146. The van der Waals surface area contributed by atoms with Gasteiger partial charge in [0.15, 0.2) is 0 Å². The number of nitrogens with zero attached hydrogens (tertiary/aromatic N) is 1. The van der Waals surface area contributed by atoms with Crippen molar-refractivity contribution in [1.29, 1.82) is 0 Å². The van der Waals surface area contributed by atoms with Gasteiger partial charge in [-0.05, 0) is 30.3 Å². The Kier molecular flexibility index (Phi) is 5.53. The van der Waals surface area contributed by atoms with E-state index < -0.39 is 0 Å². The fraction of sp³-hybridized carbons (Fsp3) is 0.211. The average molecular weight is 339 g/mol. The molecule has 130 valence electrons. The Morgan fingerprint density at radius 1 is 1.00 bits per heavy atom. The molecular formula is C19H21N3O3. The van der Waals surface area contributed by atoms with Crippen molar-refractivity contribution < 1.29 is 14.2 Å². The molecule has 2 aromatic carbocycles. The highest BCUT2D eigenvalue weighted by Crippen LogP contribution is 2.29. The lowest BCUT2D eigenvalue weighted by Gasteiger charge is -2.09. The number of H-pyrrole nitrogens is 1. The zero-order valence-electron chi connectivity index (χ0n) is 14.1. The molecule has 0 spiro atoms. The van der Waals surface area contributed by atoms with E-state index in [4.69, 9.17) is 19.9 Å². The third-order valence-corrected chi connectivity index (χ3v) is 3.59. The number of hydrogen-bond acceptors (Lipinski definition) is 5. The van der Waals surface area contributed by atoms with Crippen molar-refractivity contribution in [3.05, 3.63) is 60.3 Å². The highest BCUT2D eigenvalue weighted by atomic mass is 16.5. The molecule has 0 amide bonds. The maximum absolute atomic E-state index is 5.76. The van der Waals surface area contributed by atoms with Crippen LogP contribution < -0.4 is 15.2 Å². The molecule has 0 saturated carbocycles. The van der Waals surface area contributed by atoms with Gasteiger partial charge >= 0.3 is 0 Å². The Morgan fingerprint density at radius 2 is 1.88 bits per heavy atom. The molecule has 3 rings (SSSR count). The second-order valence-corrected chi connectivity index (χ2v) is 5.48. The normalized spacial score (nSPS) is 10.6.